The second kappa shape index (κ2) is 9.69. The average Bonchev–Trinajstić information content (AvgIpc) is 3.17. The fraction of sp³-hybridized carbons (Fsp3) is 0.364. The van der Waals surface area contributed by atoms with Gasteiger partial charge >= 0.3 is 0 Å². The number of aromatic nitrogens is 1. The van der Waals surface area contributed by atoms with Crippen LogP contribution in [-0.4, -0.2) is 49.1 Å². The smallest absolute Gasteiger partial charge is 0.261 e. The van der Waals surface area contributed by atoms with Crippen LogP contribution in [0.5, 0.6) is 5.75 Å². The van der Waals surface area contributed by atoms with Gasteiger partial charge in [0.25, 0.3) is 5.91 Å². The summed E-state index contributed by atoms with van der Waals surface area (Å²) in [6.45, 7) is 9.57. The number of likely N-dealkylation sites (N-methyl/N-ethyl adjacent to an activating group) is 1. The summed E-state index contributed by atoms with van der Waals surface area (Å²) >= 11 is 5.06. The van der Waals surface area contributed by atoms with Gasteiger partial charge in [0.15, 0.2) is 5.13 Å². The number of aryl methyl sites for hydroxylation is 1. The Hall–Kier alpha value is -1.96. The van der Waals surface area contributed by atoms with Crippen molar-refractivity contribution in [3.05, 3.63) is 52.0 Å². The lowest BCUT2D eigenvalue weighted by molar-refractivity contribution is 0.0983. The second-order valence-corrected chi connectivity index (χ2v) is 8.55. The van der Waals surface area contributed by atoms with E-state index in [1.54, 1.807) is 12.0 Å². The number of anilines is 1. The number of rotatable bonds is 8. The van der Waals surface area contributed by atoms with Crippen molar-refractivity contribution >= 4 is 48.5 Å². The number of fused-ring (bicyclic) bond motifs is 1. The number of carbonyl (C=O) groups is 1. The van der Waals surface area contributed by atoms with E-state index in [2.05, 4.69) is 41.6 Å². The number of hydrogen-bond acceptors (Lipinski definition) is 5. The Balaban J connectivity index is 2.05. The highest BCUT2D eigenvalue weighted by atomic mass is 79.9. The zero-order chi connectivity index (χ0) is 21.0. The van der Waals surface area contributed by atoms with Gasteiger partial charge in [-0.1, -0.05) is 43.4 Å². The van der Waals surface area contributed by atoms with Crippen LogP contribution in [0, 0.1) is 6.92 Å². The van der Waals surface area contributed by atoms with Crippen molar-refractivity contribution in [3.8, 4) is 5.75 Å². The Kier molecular flexibility index (Phi) is 7.27. The van der Waals surface area contributed by atoms with Gasteiger partial charge in [-0.2, -0.15) is 0 Å². The SMILES string of the molecule is CCN(CC)CCN(C(=O)c1ccccc1Br)c1nc2c(OC)ccc(C)c2s1. The molecule has 1 aromatic heterocycles. The summed E-state index contributed by atoms with van der Waals surface area (Å²) in [5.74, 6) is 0.672. The standard InChI is InChI=1S/C22H26BrN3O2S/c1-5-25(6-2)13-14-26(21(27)16-9-7-8-10-17(16)23)22-24-19-18(28-4)12-11-15(3)20(19)29-22/h7-12H,5-6,13-14H2,1-4H3. The molecule has 0 atom stereocenters. The Bertz CT molecular complexity index is 1000. The summed E-state index contributed by atoms with van der Waals surface area (Å²) in [6, 6.07) is 11.5. The number of thiazole rings is 1. The number of benzene rings is 2. The number of nitrogens with zero attached hydrogens (tertiary/aromatic N) is 3. The van der Waals surface area contributed by atoms with Crippen molar-refractivity contribution in [3.63, 3.8) is 0 Å². The van der Waals surface area contributed by atoms with Gasteiger partial charge in [0.05, 0.1) is 17.4 Å². The molecule has 5 nitrogen and oxygen atoms in total. The molecule has 3 rings (SSSR count). The lowest BCUT2D eigenvalue weighted by Crippen LogP contribution is -2.39. The van der Waals surface area contributed by atoms with Gasteiger partial charge in [-0.05, 0) is 59.7 Å². The minimum absolute atomic E-state index is 0.0553. The highest BCUT2D eigenvalue weighted by Crippen LogP contribution is 2.37. The predicted molar refractivity (Wildman–Crippen MR) is 125 cm³/mol. The zero-order valence-electron chi connectivity index (χ0n) is 17.2. The van der Waals surface area contributed by atoms with Crippen molar-refractivity contribution < 1.29 is 9.53 Å². The molecular formula is C22H26BrN3O2S. The largest absolute Gasteiger partial charge is 0.494 e. The Morgan fingerprint density at radius 2 is 1.86 bits per heavy atom. The molecule has 0 aliphatic carbocycles. The van der Waals surface area contributed by atoms with Crippen LogP contribution in [0.4, 0.5) is 5.13 Å². The van der Waals surface area contributed by atoms with Crippen molar-refractivity contribution in [2.45, 2.75) is 20.8 Å². The van der Waals surface area contributed by atoms with E-state index in [9.17, 15) is 4.79 Å². The first-order chi connectivity index (χ1) is 14.0. The molecule has 154 valence electrons. The van der Waals surface area contributed by atoms with Crippen LogP contribution in [0.2, 0.25) is 0 Å². The number of halogens is 1. The van der Waals surface area contributed by atoms with Gasteiger partial charge < -0.3 is 9.64 Å². The number of hydrogen-bond donors (Lipinski definition) is 0. The molecule has 0 bridgehead atoms. The molecule has 2 aromatic carbocycles. The number of carbonyl (C=O) groups excluding carboxylic acids is 1. The Labute approximate surface area is 184 Å². The maximum atomic E-state index is 13.5. The number of methoxy groups -OCH3 is 1. The molecule has 0 fully saturated rings. The van der Waals surface area contributed by atoms with Crippen LogP contribution in [0.1, 0.15) is 29.8 Å². The molecule has 0 radical (unpaired) electrons. The number of amides is 1. The highest BCUT2D eigenvalue weighted by molar-refractivity contribution is 9.10. The molecule has 0 N–H and O–H groups in total. The van der Waals surface area contributed by atoms with E-state index in [0.29, 0.717) is 17.2 Å². The first kappa shape index (κ1) is 21.7. The topological polar surface area (TPSA) is 45.7 Å². The maximum Gasteiger partial charge on any atom is 0.261 e. The van der Waals surface area contributed by atoms with Gasteiger partial charge in [-0.15, -0.1) is 0 Å². The quantitative estimate of drug-likeness (QED) is 0.439. The third kappa shape index (κ3) is 4.63. The molecule has 0 spiro atoms. The Morgan fingerprint density at radius 3 is 2.52 bits per heavy atom. The molecule has 0 aliphatic rings. The maximum absolute atomic E-state index is 13.5. The monoisotopic (exact) mass is 475 g/mol. The fourth-order valence-corrected chi connectivity index (χ4v) is 4.75. The molecule has 7 heteroatoms. The summed E-state index contributed by atoms with van der Waals surface area (Å²) in [7, 11) is 1.65. The molecule has 1 heterocycles. The molecule has 1 amide bonds. The molecule has 3 aromatic rings. The van der Waals surface area contributed by atoms with Gasteiger partial charge in [-0.25, -0.2) is 4.98 Å². The van der Waals surface area contributed by atoms with Gasteiger partial charge in [0, 0.05) is 17.6 Å². The van der Waals surface area contributed by atoms with E-state index in [1.165, 1.54) is 11.3 Å². The lowest BCUT2D eigenvalue weighted by atomic mass is 10.2. The molecule has 0 aliphatic heterocycles. The molecule has 0 saturated carbocycles. The van der Waals surface area contributed by atoms with Gasteiger partial charge in [0.1, 0.15) is 11.3 Å². The first-order valence-electron chi connectivity index (χ1n) is 9.73. The van der Waals surface area contributed by atoms with E-state index >= 15 is 0 Å². The van der Waals surface area contributed by atoms with E-state index in [-0.39, 0.29) is 5.91 Å². The minimum Gasteiger partial charge on any atom is -0.494 e. The van der Waals surface area contributed by atoms with Crippen molar-refractivity contribution in [2.24, 2.45) is 0 Å². The van der Waals surface area contributed by atoms with Crippen LogP contribution in [0.3, 0.4) is 0 Å². The van der Waals surface area contributed by atoms with Crippen molar-refractivity contribution in [1.29, 1.82) is 0 Å². The van der Waals surface area contributed by atoms with E-state index in [4.69, 9.17) is 9.72 Å². The third-order valence-corrected chi connectivity index (χ3v) is 6.93. The van der Waals surface area contributed by atoms with Crippen LogP contribution in [-0.2, 0) is 0 Å². The molecule has 0 saturated heterocycles. The first-order valence-corrected chi connectivity index (χ1v) is 11.3. The van der Waals surface area contributed by atoms with Gasteiger partial charge in [-0.3, -0.25) is 9.69 Å². The fourth-order valence-electron chi connectivity index (χ4n) is 3.22. The average molecular weight is 476 g/mol. The van der Waals surface area contributed by atoms with E-state index < -0.39 is 0 Å². The van der Waals surface area contributed by atoms with Crippen molar-refractivity contribution in [1.82, 2.24) is 9.88 Å². The van der Waals surface area contributed by atoms with Crippen LogP contribution >= 0.6 is 27.3 Å². The van der Waals surface area contributed by atoms with Crippen molar-refractivity contribution in [2.75, 3.05) is 38.2 Å². The predicted octanol–water partition coefficient (Wildman–Crippen LogP) is 5.36. The summed E-state index contributed by atoms with van der Waals surface area (Å²) in [6.07, 6.45) is 0. The van der Waals surface area contributed by atoms with E-state index in [1.807, 2.05) is 36.4 Å². The number of ether oxygens (including phenoxy) is 1. The van der Waals surface area contributed by atoms with Crippen LogP contribution in [0.25, 0.3) is 10.2 Å². The normalized spacial score (nSPS) is 11.2. The molecular weight excluding hydrogens is 450 g/mol. The Morgan fingerprint density at radius 1 is 1.14 bits per heavy atom. The van der Waals surface area contributed by atoms with Gasteiger partial charge in [0.2, 0.25) is 0 Å². The summed E-state index contributed by atoms with van der Waals surface area (Å²) in [5.41, 5.74) is 2.57. The summed E-state index contributed by atoms with van der Waals surface area (Å²) < 4.78 is 7.33. The summed E-state index contributed by atoms with van der Waals surface area (Å²) in [5, 5.41) is 0.695. The minimum atomic E-state index is -0.0553. The third-order valence-electron chi connectivity index (χ3n) is 5.03. The van der Waals surface area contributed by atoms with Crippen LogP contribution < -0.4 is 9.64 Å². The zero-order valence-corrected chi connectivity index (χ0v) is 19.6. The lowest BCUT2D eigenvalue weighted by Gasteiger charge is -2.25. The molecule has 29 heavy (non-hydrogen) atoms. The summed E-state index contributed by atoms with van der Waals surface area (Å²) in [4.78, 5) is 22.4. The van der Waals surface area contributed by atoms with Crippen LogP contribution in [0.15, 0.2) is 40.9 Å². The second-order valence-electron chi connectivity index (χ2n) is 6.72. The molecule has 0 unspecified atom stereocenters. The van der Waals surface area contributed by atoms with E-state index in [0.717, 1.165) is 45.6 Å². The highest BCUT2D eigenvalue weighted by Gasteiger charge is 2.24.